The molecule has 9 heteroatoms. The van der Waals surface area contributed by atoms with Crippen molar-refractivity contribution in [3.8, 4) is 0 Å². The van der Waals surface area contributed by atoms with Crippen LogP contribution in [0.2, 0.25) is 0 Å². The molecular formula is C14H17N3O5S. The summed E-state index contributed by atoms with van der Waals surface area (Å²) in [7, 11) is -4.04. The zero-order valence-electron chi connectivity index (χ0n) is 12.5. The molecule has 124 valence electrons. The zero-order chi connectivity index (χ0) is 17.0. The molecule has 0 unspecified atom stereocenters. The molecule has 1 fully saturated rings. The van der Waals surface area contributed by atoms with Crippen LogP contribution >= 0.6 is 0 Å². The van der Waals surface area contributed by atoms with Crippen molar-refractivity contribution in [2.45, 2.75) is 24.7 Å². The van der Waals surface area contributed by atoms with Crippen LogP contribution in [0.5, 0.6) is 0 Å². The fraction of sp³-hybridized carbons (Fsp3) is 0.357. The van der Waals surface area contributed by atoms with Crippen LogP contribution in [0.3, 0.4) is 0 Å². The van der Waals surface area contributed by atoms with Crippen molar-refractivity contribution in [1.29, 1.82) is 0 Å². The van der Waals surface area contributed by atoms with Gasteiger partial charge < -0.3 is 5.32 Å². The number of nitrogens with zero attached hydrogens (tertiary/aromatic N) is 1. The number of amides is 4. The van der Waals surface area contributed by atoms with Gasteiger partial charge in [-0.25, -0.2) is 17.9 Å². The number of hydrogen-bond acceptors (Lipinski definition) is 5. The first kappa shape index (κ1) is 16.9. The summed E-state index contributed by atoms with van der Waals surface area (Å²) >= 11 is 0. The van der Waals surface area contributed by atoms with Gasteiger partial charge in [0.05, 0.1) is 11.4 Å². The molecule has 0 saturated carbocycles. The molecule has 1 aliphatic heterocycles. The smallest absolute Gasteiger partial charge is 0.325 e. The highest BCUT2D eigenvalue weighted by Gasteiger charge is 2.31. The van der Waals surface area contributed by atoms with Gasteiger partial charge in [-0.3, -0.25) is 14.5 Å². The van der Waals surface area contributed by atoms with E-state index in [1.165, 1.54) is 12.1 Å². The highest BCUT2D eigenvalue weighted by molar-refractivity contribution is 7.90. The van der Waals surface area contributed by atoms with E-state index >= 15 is 0 Å². The van der Waals surface area contributed by atoms with Gasteiger partial charge in [0, 0.05) is 0 Å². The summed E-state index contributed by atoms with van der Waals surface area (Å²) < 4.78 is 26.1. The lowest BCUT2D eigenvalue weighted by Crippen LogP contribution is -2.42. The van der Waals surface area contributed by atoms with Crippen LogP contribution in [-0.2, 0) is 26.0 Å². The Balaban J connectivity index is 2.04. The van der Waals surface area contributed by atoms with Crippen LogP contribution in [-0.4, -0.2) is 44.3 Å². The van der Waals surface area contributed by atoms with E-state index in [4.69, 9.17) is 0 Å². The quantitative estimate of drug-likeness (QED) is 0.708. The van der Waals surface area contributed by atoms with Gasteiger partial charge >= 0.3 is 6.03 Å². The number of sulfonamides is 1. The van der Waals surface area contributed by atoms with Gasteiger partial charge in [-0.1, -0.05) is 25.5 Å². The van der Waals surface area contributed by atoms with Crippen molar-refractivity contribution >= 4 is 27.9 Å². The molecule has 1 aromatic carbocycles. The maximum Gasteiger partial charge on any atom is 0.325 e. The van der Waals surface area contributed by atoms with Gasteiger partial charge in [0.2, 0.25) is 0 Å². The second-order valence-electron chi connectivity index (χ2n) is 5.06. The van der Waals surface area contributed by atoms with Crippen LogP contribution in [0.4, 0.5) is 4.79 Å². The standard InChI is InChI=1S/C14H17N3O5S/c1-2-3-10-4-6-11(7-5-10)23(21,22)16-12(18)9-17-13(19)8-15-14(17)20/h4-7H,2-3,8-9H2,1H3,(H,15,20)(H,16,18). The van der Waals surface area contributed by atoms with Crippen LogP contribution in [0.15, 0.2) is 29.2 Å². The Kier molecular flexibility index (Phi) is 4.99. The van der Waals surface area contributed by atoms with Gasteiger partial charge in [0.1, 0.15) is 6.54 Å². The minimum Gasteiger partial charge on any atom is -0.329 e. The molecule has 1 aromatic rings. The summed E-state index contributed by atoms with van der Waals surface area (Å²) in [5.41, 5.74) is 0.997. The number of urea groups is 1. The van der Waals surface area contributed by atoms with E-state index in [-0.39, 0.29) is 11.4 Å². The molecule has 8 nitrogen and oxygen atoms in total. The summed E-state index contributed by atoms with van der Waals surface area (Å²) in [6.07, 6.45) is 1.77. The second-order valence-corrected chi connectivity index (χ2v) is 6.74. The monoisotopic (exact) mass is 339 g/mol. The van der Waals surface area contributed by atoms with Gasteiger partial charge in [-0.2, -0.15) is 0 Å². The van der Waals surface area contributed by atoms with Gasteiger partial charge in [-0.05, 0) is 24.1 Å². The number of aryl methyl sites for hydroxylation is 1. The maximum absolute atomic E-state index is 12.1. The molecule has 23 heavy (non-hydrogen) atoms. The average Bonchev–Trinajstić information content (AvgIpc) is 2.79. The SMILES string of the molecule is CCCc1ccc(S(=O)(=O)NC(=O)CN2C(=O)CNC2=O)cc1. The highest BCUT2D eigenvalue weighted by Crippen LogP contribution is 2.12. The molecule has 1 aliphatic rings. The summed E-state index contributed by atoms with van der Waals surface area (Å²) in [5, 5.41) is 2.25. The lowest BCUT2D eigenvalue weighted by atomic mass is 10.1. The zero-order valence-corrected chi connectivity index (χ0v) is 13.4. The molecule has 0 spiro atoms. The molecule has 0 aromatic heterocycles. The highest BCUT2D eigenvalue weighted by atomic mass is 32.2. The first-order valence-corrected chi connectivity index (χ1v) is 8.54. The predicted molar refractivity (Wildman–Crippen MR) is 80.9 cm³/mol. The van der Waals surface area contributed by atoms with Crippen LogP contribution < -0.4 is 10.0 Å². The summed E-state index contributed by atoms with van der Waals surface area (Å²) in [5.74, 6) is -1.53. The molecule has 0 atom stereocenters. The van der Waals surface area contributed by atoms with Crippen molar-refractivity contribution in [3.63, 3.8) is 0 Å². The topological polar surface area (TPSA) is 113 Å². The van der Waals surface area contributed by atoms with E-state index < -0.39 is 34.4 Å². The van der Waals surface area contributed by atoms with Gasteiger partial charge in [0.25, 0.3) is 21.8 Å². The number of nitrogens with one attached hydrogen (secondary N) is 2. The Morgan fingerprint density at radius 1 is 1.26 bits per heavy atom. The van der Waals surface area contributed by atoms with Gasteiger partial charge in [0.15, 0.2) is 0 Å². The molecule has 0 radical (unpaired) electrons. The van der Waals surface area contributed by atoms with E-state index in [0.717, 1.165) is 18.4 Å². The minimum absolute atomic E-state index is 0.0529. The number of imide groups is 1. The van der Waals surface area contributed by atoms with E-state index in [1.54, 1.807) is 12.1 Å². The third-order valence-electron chi connectivity index (χ3n) is 3.26. The van der Waals surface area contributed by atoms with Crippen molar-refractivity contribution in [3.05, 3.63) is 29.8 Å². The lowest BCUT2D eigenvalue weighted by molar-refractivity contribution is -0.129. The molecule has 1 heterocycles. The Morgan fingerprint density at radius 2 is 1.91 bits per heavy atom. The average molecular weight is 339 g/mol. The van der Waals surface area contributed by atoms with E-state index in [1.807, 2.05) is 11.6 Å². The number of carbonyl (C=O) groups excluding carboxylic acids is 3. The van der Waals surface area contributed by atoms with Crippen LogP contribution in [0.1, 0.15) is 18.9 Å². The fourth-order valence-corrected chi connectivity index (χ4v) is 3.10. The molecule has 1 saturated heterocycles. The first-order valence-electron chi connectivity index (χ1n) is 7.06. The number of rotatable bonds is 6. The fourth-order valence-electron chi connectivity index (χ4n) is 2.12. The molecule has 0 aliphatic carbocycles. The predicted octanol–water partition coefficient (Wildman–Crippen LogP) is -0.00420. The number of hydrogen-bond donors (Lipinski definition) is 2. The Hall–Kier alpha value is -2.42. The normalized spacial score (nSPS) is 14.7. The Morgan fingerprint density at radius 3 is 2.43 bits per heavy atom. The maximum atomic E-state index is 12.1. The lowest BCUT2D eigenvalue weighted by Gasteiger charge is -2.12. The minimum atomic E-state index is -4.04. The molecule has 2 N–H and O–H groups in total. The summed E-state index contributed by atoms with van der Waals surface area (Å²) in [6.45, 7) is 1.18. The van der Waals surface area contributed by atoms with E-state index in [0.29, 0.717) is 4.90 Å². The summed E-state index contributed by atoms with van der Waals surface area (Å²) in [6, 6.07) is 5.47. The Bertz CT molecular complexity index is 711. The third-order valence-corrected chi connectivity index (χ3v) is 4.65. The second kappa shape index (κ2) is 6.78. The third kappa shape index (κ3) is 4.07. The van der Waals surface area contributed by atoms with Crippen molar-refractivity contribution in [2.75, 3.05) is 13.1 Å². The number of carbonyl (C=O) groups is 3. The molecule has 0 bridgehead atoms. The van der Waals surface area contributed by atoms with Crippen molar-refractivity contribution in [1.82, 2.24) is 14.9 Å². The molecule has 4 amide bonds. The number of benzene rings is 1. The molecule has 2 rings (SSSR count). The summed E-state index contributed by atoms with van der Waals surface area (Å²) in [4.78, 5) is 35.1. The van der Waals surface area contributed by atoms with Crippen LogP contribution in [0.25, 0.3) is 0 Å². The first-order chi connectivity index (χ1) is 10.8. The molecular weight excluding hydrogens is 322 g/mol. The Labute approximate surface area is 133 Å². The van der Waals surface area contributed by atoms with Gasteiger partial charge in [-0.15, -0.1) is 0 Å². The van der Waals surface area contributed by atoms with Crippen molar-refractivity contribution < 1.29 is 22.8 Å². The van der Waals surface area contributed by atoms with Crippen LogP contribution in [0, 0.1) is 0 Å². The van der Waals surface area contributed by atoms with E-state index in [2.05, 4.69) is 5.32 Å². The largest absolute Gasteiger partial charge is 0.329 e. The van der Waals surface area contributed by atoms with E-state index in [9.17, 15) is 22.8 Å². The van der Waals surface area contributed by atoms with Crippen molar-refractivity contribution in [2.24, 2.45) is 0 Å².